The van der Waals surface area contributed by atoms with Gasteiger partial charge in [0.2, 0.25) is 0 Å². The number of piperidine rings is 1. The predicted molar refractivity (Wildman–Crippen MR) is 68.1 cm³/mol. The van der Waals surface area contributed by atoms with Crippen LogP contribution in [0.1, 0.15) is 16.8 Å². The van der Waals surface area contributed by atoms with Crippen LogP contribution in [0.5, 0.6) is 0 Å². The largest absolute Gasteiger partial charge is 0.391 e. The zero-order chi connectivity index (χ0) is 12.0. The summed E-state index contributed by atoms with van der Waals surface area (Å²) in [6.07, 6.45) is 0.594. The maximum atomic E-state index is 12.3. The van der Waals surface area contributed by atoms with E-state index in [-0.39, 0.29) is 28.8 Å². The molecular formula is C13H14BrNO2. The molecule has 4 heteroatoms. The normalized spacial score (nSPS) is 35.3. The third-order valence-corrected chi connectivity index (χ3v) is 4.72. The van der Waals surface area contributed by atoms with Crippen molar-refractivity contribution in [3.05, 3.63) is 35.9 Å². The number of carbonyl (C=O) groups excluding carboxylic acids is 1. The van der Waals surface area contributed by atoms with Gasteiger partial charge in [0, 0.05) is 22.9 Å². The number of amides is 1. The highest BCUT2D eigenvalue weighted by Gasteiger charge is 2.52. The molecule has 2 fully saturated rings. The SMILES string of the molecule is O=C(c1ccccc1)N1CC2C[C@H](Br)C1C2O. The summed E-state index contributed by atoms with van der Waals surface area (Å²) < 4.78 is 0. The molecule has 17 heavy (non-hydrogen) atoms. The van der Waals surface area contributed by atoms with Crippen LogP contribution in [-0.2, 0) is 0 Å². The van der Waals surface area contributed by atoms with Gasteiger partial charge >= 0.3 is 0 Å². The number of halogens is 1. The zero-order valence-corrected chi connectivity index (χ0v) is 10.9. The molecule has 1 saturated carbocycles. The molecule has 1 aromatic rings. The van der Waals surface area contributed by atoms with Crippen molar-refractivity contribution in [1.29, 1.82) is 0 Å². The Morgan fingerprint density at radius 1 is 1.35 bits per heavy atom. The monoisotopic (exact) mass is 295 g/mol. The van der Waals surface area contributed by atoms with Gasteiger partial charge in [-0.05, 0) is 18.6 Å². The molecule has 1 aliphatic carbocycles. The molecule has 4 atom stereocenters. The number of likely N-dealkylation sites (tertiary alicyclic amines) is 1. The highest BCUT2D eigenvalue weighted by molar-refractivity contribution is 9.09. The summed E-state index contributed by atoms with van der Waals surface area (Å²) in [5.41, 5.74) is 0.701. The van der Waals surface area contributed by atoms with Crippen LogP contribution in [0.3, 0.4) is 0 Å². The molecule has 3 unspecified atom stereocenters. The van der Waals surface area contributed by atoms with Gasteiger partial charge in [0.25, 0.3) is 5.91 Å². The van der Waals surface area contributed by atoms with E-state index in [2.05, 4.69) is 15.9 Å². The highest BCUT2D eigenvalue weighted by Crippen LogP contribution is 2.42. The molecule has 1 aliphatic heterocycles. The number of hydrogen-bond acceptors (Lipinski definition) is 2. The van der Waals surface area contributed by atoms with E-state index in [9.17, 15) is 9.90 Å². The van der Waals surface area contributed by atoms with Crippen LogP contribution < -0.4 is 0 Å². The maximum absolute atomic E-state index is 12.3. The van der Waals surface area contributed by atoms with E-state index in [1.165, 1.54) is 0 Å². The van der Waals surface area contributed by atoms with Gasteiger partial charge in [-0.2, -0.15) is 0 Å². The number of carbonyl (C=O) groups is 1. The molecule has 0 aromatic heterocycles. The zero-order valence-electron chi connectivity index (χ0n) is 9.29. The van der Waals surface area contributed by atoms with Gasteiger partial charge in [-0.25, -0.2) is 0 Å². The average Bonchev–Trinajstić information content (AvgIpc) is 2.81. The molecule has 3 rings (SSSR count). The van der Waals surface area contributed by atoms with Crippen molar-refractivity contribution in [2.45, 2.75) is 23.4 Å². The van der Waals surface area contributed by atoms with Crippen molar-refractivity contribution in [3.63, 3.8) is 0 Å². The lowest BCUT2D eigenvalue weighted by Crippen LogP contribution is -2.44. The van der Waals surface area contributed by atoms with E-state index in [0.29, 0.717) is 12.1 Å². The van der Waals surface area contributed by atoms with Gasteiger partial charge < -0.3 is 10.0 Å². The van der Waals surface area contributed by atoms with E-state index in [0.717, 1.165) is 6.42 Å². The molecule has 2 bridgehead atoms. The number of benzene rings is 1. The van der Waals surface area contributed by atoms with Gasteiger partial charge in [-0.15, -0.1) is 0 Å². The Kier molecular flexibility index (Phi) is 2.71. The minimum atomic E-state index is -0.368. The fourth-order valence-electron chi connectivity index (χ4n) is 2.96. The van der Waals surface area contributed by atoms with Crippen LogP contribution in [0.15, 0.2) is 30.3 Å². The summed E-state index contributed by atoms with van der Waals surface area (Å²) in [7, 11) is 0. The van der Waals surface area contributed by atoms with Gasteiger partial charge in [-0.3, -0.25) is 4.79 Å². The van der Waals surface area contributed by atoms with E-state index >= 15 is 0 Å². The lowest BCUT2D eigenvalue weighted by Gasteiger charge is -2.30. The molecule has 90 valence electrons. The number of alkyl halides is 1. The second-order valence-corrected chi connectivity index (χ2v) is 5.99. The lowest BCUT2D eigenvalue weighted by molar-refractivity contribution is 0.0659. The van der Waals surface area contributed by atoms with E-state index in [1.54, 1.807) is 0 Å². The molecule has 1 saturated heterocycles. The van der Waals surface area contributed by atoms with Crippen LogP contribution >= 0.6 is 15.9 Å². The molecule has 1 aromatic carbocycles. The number of hydrogen-bond donors (Lipinski definition) is 1. The first kappa shape index (κ1) is 11.2. The Balaban J connectivity index is 1.85. The predicted octanol–water partition coefficient (Wildman–Crippen LogP) is 1.66. The van der Waals surface area contributed by atoms with Crippen LogP contribution in [0.2, 0.25) is 0 Å². The summed E-state index contributed by atoms with van der Waals surface area (Å²) in [5, 5.41) is 10.0. The molecule has 3 nitrogen and oxygen atoms in total. The van der Waals surface area contributed by atoms with Gasteiger partial charge in [0.05, 0.1) is 12.1 Å². The Hall–Kier alpha value is -0.870. The summed E-state index contributed by atoms with van der Waals surface area (Å²) in [6, 6.07) is 9.21. The average molecular weight is 296 g/mol. The lowest BCUT2D eigenvalue weighted by atomic mass is 10.1. The third kappa shape index (κ3) is 1.70. The molecule has 1 heterocycles. The number of nitrogens with zero attached hydrogens (tertiary/aromatic N) is 1. The first-order valence-electron chi connectivity index (χ1n) is 5.86. The first-order valence-corrected chi connectivity index (χ1v) is 6.78. The van der Waals surface area contributed by atoms with E-state index in [4.69, 9.17) is 0 Å². The van der Waals surface area contributed by atoms with Crippen molar-refractivity contribution in [1.82, 2.24) is 4.90 Å². The third-order valence-electron chi connectivity index (χ3n) is 3.80. The molecular weight excluding hydrogens is 282 g/mol. The standard InChI is InChI=1S/C13H14BrNO2/c14-10-6-9-7-15(11(10)12(9)16)13(17)8-4-2-1-3-5-8/h1-5,9-12,16H,6-7H2/t9?,10-,11?,12?/m0/s1. The van der Waals surface area contributed by atoms with Crippen molar-refractivity contribution in [3.8, 4) is 0 Å². The first-order chi connectivity index (χ1) is 8.18. The van der Waals surface area contributed by atoms with Crippen LogP contribution in [0, 0.1) is 5.92 Å². The topological polar surface area (TPSA) is 40.5 Å². The Morgan fingerprint density at radius 3 is 2.65 bits per heavy atom. The minimum absolute atomic E-state index is 0.0290. The number of aliphatic hydroxyl groups is 1. The van der Waals surface area contributed by atoms with Crippen LogP contribution in [0.25, 0.3) is 0 Å². The maximum Gasteiger partial charge on any atom is 0.254 e. The van der Waals surface area contributed by atoms with Crippen molar-refractivity contribution in [2.24, 2.45) is 5.92 Å². The van der Waals surface area contributed by atoms with E-state index < -0.39 is 0 Å². The smallest absolute Gasteiger partial charge is 0.254 e. The fourth-order valence-corrected chi connectivity index (χ4v) is 4.04. The molecule has 0 radical (unpaired) electrons. The highest BCUT2D eigenvalue weighted by atomic mass is 79.9. The quantitative estimate of drug-likeness (QED) is 0.801. The minimum Gasteiger partial charge on any atom is -0.391 e. The second kappa shape index (κ2) is 4.10. The van der Waals surface area contributed by atoms with Crippen molar-refractivity contribution >= 4 is 21.8 Å². The molecule has 1 amide bonds. The molecule has 0 spiro atoms. The second-order valence-electron chi connectivity index (χ2n) is 4.82. The summed E-state index contributed by atoms with van der Waals surface area (Å²) >= 11 is 3.56. The Bertz CT molecular complexity index is 436. The fraction of sp³-hybridized carbons (Fsp3) is 0.462. The Labute approximate surface area is 109 Å². The number of aliphatic hydroxyl groups excluding tert-OH is 1. The van der Waals surface area contributed by atoms with Gasteiger partial charge in [0.15, 0.2) is 0 Å². The molecule has 2 aliphatic rings. The van der Waals surface area contributed by atoms with Crippen molar-refractivity contribution < 1.29 is 9.90 Å². The van der Waals surface area contributed by atoms with Crippen molar-refractivity contribution in [2.75, 3.05) is 6.54 Å². The summed E-state index contributed by atoms with van der Waals surface area (Å²) in [6.45, 7) is 0.682. The summed E-state index contributed by atoms with van der Waals surface area (Å²) in [5.74, 6) is 0.262. The summed E-state index contributed by atoms with van der Waals surface area (Å²) in [4.78, 5) is 14.4. The molecule has 1 N–H and O–H groups in total. The van der Waals surface area contributed by atoms with Crippen LogP contribution in [0.4, 0.5) is 0 Å². The van der Waals surface area contributed by atoms with Crippen LogP contribution in [-0.4, -0.2) is 39.4 Å². The number of rotatable bonds is 1. The van der Waals surface area contributed by atoms with E-state index in [1.807, 2.05) is 35.2 Å². The van der Waals surface area contributed by atoms with Gasteiger partial charge in [-0.1, -0.05) is 34.1 Å². The Morgan fingerprint density at radius 2 is 2.06 bits per heavy atom. The van der Waals surface area contributed by atoms with Gasteiger partial charge in [0.1, 0.15) is 0 Å². The number of fused-ring (bicyclic) bond motifs is 2.